The zero-order chi connectivity index (χ0) is 13.9. The summed E-state index contributed by atoms with van der Waals surface area (Å²) in [6, 6.07) is 10.1. The number of H-pyrrole nitrogens is 1. The van der Waals surface area contributed by atoms with Gasteiger partial charge in [0.1, 0.15) is 10.5 Å². The number of nitrogens with zero attached hydrogens (tertiary/aromatic N) is 2. The Balaban J connectivity index is 2.23. The van der Waals surface area contributed by atoms with Gasteiger partial charge in [-0.2, -0.15) is 0 Å². The minimum absolute atomic E-state index is 0.628. The maximum Gasteiger partial charge on any atom is 0.130 e. The summed E-state index contributed by atoms with van der Waals surface area (Å²) in [5.41, 5.74) is 2.12. The average molecular weight is 281 g/mol. The lowest BCUT2D eigenvalue weighted by Crippen LogP contribution is -1.97. The van der Waals surface area contributed by atoms with E-state index in [0.29, 0.717) is 4.64 Å². The Morgan fingerprint density at radius 2 is 2.15 bits per heavy atom. The van der Waals surface area contributed by atoms with Crippen molar-refractivity contribution in [3.8, 4) is 11.3 Å². The van der Waals surface area contributed by atoms with E-state index in [0.717, 1.165) is 35.3 Å². The van der Waals surface area contributed by atoms with Gasteiger partial charge in [0, 0.05) is 29.8 Å². The third-order valence-corrected chi connectivity index (χ3v) is 3.46. The molecular formula is C16H15N3S. The van der Waals surface area contributed by atoms with Crippen LogP contribution in [0.3, 0.4) is 0 Å². The standard InChI is InChI=1S/C16H15N3S/c1-2-4-15-18-14(9-16(20)19-15)12-6-3-5-11-7-8-17-10-13(11)12/h3,5-10H,2,4H2,1H3,(H,18,19,20). The molecule has 0 fully saturated rings. The van der Waals surface area contributed by atoms with Gasteiger partial charge in [-0.25, -0.2) is 4.98 Å². The first-order valence-electron chi connectivity index (χ1n) is 6.71. The Morgan fingerprint density at radius 3 is 3.00 bits per heavy atom. The largest absolute Gasteiger partial charge is 0.343 e. The highest BCUT2D eigenvalue weighted by Crippen LogP contribution is 2.26. The number of rotatable bonds is 3. The number of aryl methyl sites for hydroxylation is 1. The molecule has 2 aromatic heterocycles. The molecule has 4 heteroatoms. The highest BCUT2D eigenvalue weighted by molar-refractivity contribution is 7.71. The summed E-state index contributed by atoms with van der Waals surface area (Å²) in [5.74, 6) is 0.941. The molecule has 100 valence electrons. The van der Waals surface area contributed by atoms with E-state index < -0.39 is 0 Å². The lowest BCUT2D eigenvalue weighted by atomic mass is 10.0. The van der Waals surface area contributed by atoms with Crippen LogP contribution in [0.5, 0.6) is 0 Å². The van der Waals surface area contributed by atoms with Crippen molar-refractivity contribution in [2.24, 2.45) is 0 Å². The molecule has 0 unspecified atom stereocenters. The average Bonchev–Trinajstić information content (AvgIpc) is 2.46. The first kappa shape index (κ1) is 12.9. The van der Waals surface area contributed by atoms with Crippen LogP contribution in [0.1, 0.15) is 19.2 Å². The van der Waals surface area contributed by atoms with Crippen LogP contribution in [0.15, 0.2) is 42.7 Å². The quantitative estimate of drug-likeness (QED) is 0.727. The maximum absolute atomic E-state index is 5.28. The van der Waals surface area contributed by atoms with E-state index in [4.69, 9.17) is 12.2 Å². The summed E-state index contributed by atoms with van der Waals surface area (Å²) in [4.78, 5) is 12.0. The molecule has 0 amide bonds. The highest BCUT2D eigenvalue weighted by Gasteiger charge is 2.06. The third kappa shape index (κ3) is 2.47. The molecule has 1 N–H and O–H groups in total. The van der Waals surface area contributed by atoms with Crippen molar-refractivity contribution in [2.45, 2.75) is 19.8 Å². The summed E-state index contributed by atoms with van der Waals surface area (Å²) in [6.45, 7) is 2.13. The molecule has 0 radical (unpaired) electrons. The number of hydrogen-bond acceptors (Lipinski definition) is 3. The van der Waals surface area contributed by atoms with E-state index in [9.17, 15) is 0 Å². The Hall–Kier alpha value is -2.07. The monoisotopic (exact) mass is 281 g/mol. The van der Waals surface area contributed by atoms with E-state index in [-0.39, 0.29) is 0 Å². The molecule has 2 heterocycles. The highest BCUT2D eigenvalue weighted by atomic mass is 32.1. The maximum atomic E-state index is 5.28. The normalized spacial score (nSPS) is 10.8. The van der Waals surface area contributed by atoms with Gasteiger partial charge in [0.15, 0.2) is 0 Å². The predicted octanol–water partition coefficient (Wildman–Crippen LogP) is 4.31. The molecule has 0 saturated heterocycles. The fourth-order valence-electron chi connectivity index (χ4n) is 2.36. The molecule has 3 nitrogen and oxygen atoms in total. The first-order chi connectivity index (χ1) is 9.78. The van der Waals surface area contributed by atoms with Crippen LogP contribution in [0.25, 0.3) is 22.0 Å². The van der Waals surface area contributed by atoms with Crippen LogP contribution in [-0.4, -0.2) is 15.0 Å². The summed E-state index contributed by atoms with van der Waals surface area (Å²) in [6.07, 6.45) is 5.64. The zero-order valence-corrected chi connectivity index (χ0v) is 12.1. The second kappa shape index (κ2) is 5.51. The van der Waals surface area contributed by atoms with Crippen molar-refractivity contribution in [1.82, 2.24) is 15.0 Å². The lowest BCUT2D eigenvalue weighted by Gasteiger charge is -2.08. The molecule has 0 aliphatic rings. The number of benzene rings is 1. The predicted molar refractivity (Wildman–Crippen MR) is 84.2 cm³/mol. The van der Waals surface area contributed by atoms with Gasteiger partial charge in [0.25, 0.3) is 0 Å². The summed E-state index contributed by atoms with van der Waals surface area (Å²) < 4.78 is 0.628. The SMILES string of the molecule is CCCc1nc(=S)cc(-c2cccc3ccncc23)[nH]1. The van der Waals surface area contributed by atoms with Crippen LogP contribution in [-0.2, 0) is 6.42 Å². The van der Waals surface area contributed by atoms with Gasteiger partial charge in [-0.3, -0.25) is 4.98 Å². The Kier molecular flexibility index (Phi) is 3.56. The van der Waals surface area contributed by atoms with Gasteiger partial charge in [-0.05, 0) is 23.9 Å². The Morgan fingerprint density at radius 1 is 1.25 bits per heavy atom. The van der Waals surface area contributed by atoms with Gasteiger partial charge >= 0.3 is 0 Å². The smallest absolute Gasteiger partial charge is 0.130 e. The number of aromatic nitrogens is 3. The zero-order valence-electron chi connectivity index (χ0n) is 11.3. The molecule has 0 spiro atoms. The molecule has 0 aliphatic heterocycles. The third-order valence-electron chi connectivity index (χ3n) is 3.25. The van der Waals surface area contributed by atoms with Crippen molar-refractivity contribution in [3.05, 3.63) is 53.2 Å². The number of aromatic amines is 1. The number of pyridine rings is 1. The molecule has 3 aromatic rings. The Labute approximate surface area is 122 Å². The molecular weight excluding hydrogens is 266 g/mol. The molecule has 0 aliphatic carbocycles. The van der Waals surface area contributed by atoms with Gasteiger partial charge in [0.05, 0.1) is 5.69 Å². The van der Waals surface area contributed by atoms with Crippen LogP contribution in [0.2, 0.25) is 0 Å². The number of nitrogens with one attached hydrogen (secondary N) is 1. The van der Waals surface area contributed by atoms with Gasteiger partial charge in [0.2, 0.25) is 0 Å². The van der Waals surface area contributed by atoms with E-state index >= 15 is 0 Å². The molecule has 0 saturated carbocycles. The van der Waals surface area contributed by atoms with Crippen molar-refractivity contribution in [3.63, 3.8) is 0 Å². The van der Waals surface area contributed by atoms with Crippen molar-refractivity contribution < 1.29 is 0 Å². The van der Waals surface area contributed by atoms with Gasteiger partial charge < -0.3 is 4.98 Å². The molecule has 0 atom stereocenters. The van der Waals surface area contributed by atoms with E-state index in [1.165, 1.54) is 5.39 Å². The summed E-state index contributed by atoms with van der Waals surface area (Å²) in [7, 11) is 0. The summed E-state index contributed by atoms with van der Waals surface area (Å²) in [5, 5.41) is 2.29. The molecule has 1 aromatic carbocycles. The Bertz CT molecular complexity index is 803. The second-order valence-corrected chi connectivity index (χ2v) is 5.15. The van der Waals surface area contributed by atoms with E-state index in [1.54, 1.807) is 0 Å². The van der Waals surface area contributed by atoms with Crippen LogP contribution in [0, 0.1) is 4.64 Å². The second-order valence-electron chi connectivity index (χ2n) is 4.73. The van der Waals surface area contributed by atoms with Crippen molar-refractivity contribution in [2.75, 3.05) is 0 Å². The van der Waals surface area contributed by atoms with Crippen LogP contribution < -0.4 is 0 Å². The van der Waals surface area contributed by atoms with Crippen molar-refractivity contribution in [1.29, 1.82) is 0 Å². The fourth-order valence-corrected chi connectivity index (χ4v) is 2.58. The molecule has 0 bridgehead atoms. The molecule has 3 rings (SSSR count). The van der Waals surface area contributed by atoms with Gasteiger partial charge in [-0.1, -0.05) is 37.3 Å². The summed E-state index contributed by atoms with van der Waals surface area (Å²) >= 11 is 5.28. The minimum Gasteiger partial charge on any atom is -0.343 e. The van der Waals surface area contributed by atoms with E-state index in [1.807, 2.05) is 24.5 Å². The van der Waals surface area contributed by atoms with Crippen molar-refractivity contribution >= 4 is 23.0 Å². The fraction of sp³-hybridized carbons (Fsp3) is 0.188. The van der Waals surface area contributed by atoms with E-state index in [2.05, 4.69) is 40.1 Å². The first-order valence-corrected chi connectivity index (χ1v) is 7.12. The lowest BCUT2D eigenvalue weighted by molar-refractivity contribution is 0.833. The number of hydrogen-bond donors (Lipinski definition) is 1. The number of fused-ring (bicyclic) bond motifs is 1. The van der Waals surface area contributed by atoms with Crippen LogP contribution in [0.4, 0.5) is 0 Å². The molecule has 20 heavy (non-hydrogen) atoms. The van der Waals surface area contributed by atoms with Gasteiger partial charge in [-0.15, -0.1) is 0 Å². The minimum atomic E-state index is 0.628. The topological polar surface area (TPSA) is 41.6 Å². The van der Waals surface area contributed by atoms with Crippen LogP contribution >= 0.6 is 12.2 Å².